The van der Waals surface area contributed by atoms with E-state index in [1.165, 1.54) is 12.1 Å². The van der Waals surface area contributed by atoms with Gasteiger partial charge in [-0.25, -0.2) is 4.39 Å². The number of rotatable bonds is 11. The van der Waals surface area contributed by atoms with Gasteiger partial charge >= 0.3 is 0 Å². The molecule has 0 aromatic heterocycles. The third-order valence-electron chi connectivity index (χ3n) is 4.34. The molecule has 2 rings (SSSR count). The predicted molar refractivity (Wildman–Crippen MR) is 133 cm³/mol. The van der Waals surface area contributed by atoms with E-state index in [1.54, 1.807) is 12.1 Å². The quantitative estimate of drug-likeness (QED) is 0.226. The zero-order chi connectivity index (χ0) is 21.8. The Morgan fingerprint density at radius 3 is 2.32 bits per heavy atom. The van der Waals surface area contributed by atoms with Crippen molar-refractivity contribution in [3.05, 3.63) is 59.4 Å². The van der Waals surface area contributed by atoms with E-state index in [-0.39, 0.29) is 36.3 Å². The number of hydrogen-bond donors (Lipinski definition) is 3. The van der Waals surface area contributed by atoms with Crippen molar-refractivity contribution in [2.45, 2.75) is 33.3 Å². The van der Waals surface area contributed by atoms with Crippen LogP contribution in [-0.2, 0) is 6.42 Å². The molecule has 6 nitrogen and oxygen atoms in total. The first-order valence-corrected chi connectivity index (χ1v) is 10.4. The summed E-state index contributed by atoms with van der Waals surface area (Å²) in [5, 5.41) is 16.7. The number of nitrogens with one attached hydrogen (secondary N) is 2. The summed E-state index contributed by atoms with van der Waals surface area (Å²) in [4.78, 5) is 4.43. The molecule has 2 aromatic rings. The molecule has 0 aliphatic heterocycles. The normalized spacial score (nSPS) is 12.0. The molecule has 0 heterocycles. The minimum atomic E-state index is -0.791. The van der Waals surface area contributed by atoms with E-state index in [4.69, 9.17) is 9.47 Å². The second-order valence-corrected chi connectivity index (χ2v) is 6.61. The van der Waals surface area contributed by atoms with Gasteiger partial charge in [-0.1, -0.05) is 18.2 Å². The van der Waals surface area contributed by atoms with Crippen molar-refractivity contribution in [2.24, 2.45) is 4.99 Å². The topological polar surface area (TPSA) is 75.1 Å². The number of aliphatic imine (C=N–C) groups is 1. The Morgan fingerprint density at radius 2 is 1.68 bits per heavy atom. The first kappa shape index (κ1) is 27.0. The second kappa shape index (κ2) is 14.9. The molecular weight excluding hydrogens is 512 g/mol. The number of aliphatic hydroxyl groups excluding tert-OH is 1. The Morgan fingerprint density at radius 1 is 1.00 bits per heavy atom. The molecule has 8 heteroatoms. The fraction of sp³-hybridized carbons (Fsp3) is 0.435. The average Bonchev–Trinajstić information content (AvgIpc) is 2.74. The van der Waals surface area contributed by atoms with Gasteiger partial charge in [0.1, 0.15) is 5.82 Å². The maximum Gasteiger partial charge on any atom is 0.191 e. The van der Waals surface area contributed by atoms with Gasteiger partial charge < -0.3 is 25.2 Å². The van der Waals surface area contributed by atoms with Gasteiger partial charge in [0.25, 0.3) is 0 Å². The van der Waals surface area contributed by atoms with Crippen molar-refractivity contribution in [3.8, 4) is 11.5 Å². The molecule has 0 bridgehead atoms. The molecule has 2 aromatic carbocycles. The van der Waals surface area contributed by atoms with E-state index >= 15 is 0 Å². The molecule has 0 amide bonds. The van der Waals surface area contributed by atoms with E-state index < -0.39 is 6.10 Å². The molecule has 0 fully saturated rings. The van der Waals surface area contributed by atoms with Crippen LogP contribution in [0.4, 0.5) is 4.39 Å². The number of nitrogens with zero attached hydrogens (tertiary/aromatic N) is 1. The van der Waals surface area contributed by atoms with E-state index in [9.17, 15) is 9.50 Å². The standard InChI is InChI=1S/C23H32FN3O3.HI/c1-4-25-23(27-16-20(28)18-8-10-19(24)11-9-18)26-14-13-17-7-12-21(29-5-2)22(15-17)30-6-3;/h7-12,15,20,28H,4-6,13-14,16H2,1-3H3,(H2,25,26,27);1H. The Bertz CT molecular complexity index is 803. The maximum atomic E-state index is 13.0. The number of ether oxygens (including phenoxy) is 2. The van der Waals surface area contributed by atoms with Crippen LogP contribution in [0.2, 0.25) is 0 Å². The van der Waals surface area contributed by atoms with E-state index in [0.717, 1.165) is 23.5 Å². The Labute approximate surface area is 201 Å². The van der Waals surface area contributed by atoms with Crippen LogP contribution in [0.5, 0.6) is 11.5 Å². The minimum absolute atomic E-state index is 0. The van der Waals surface area contributed by atoms with Crippen molar-refractivity contribution in [2.75, 3.05) is 32.8 Å². The summed E-state index contributed by atoms with van der Waals surface area (Å²) in [6.07, 6.45) is -0.0156. The fourth-order valence-electron chi connectivity index (χ4n) is 2.89. The summed E-state index contributed by atoms with van der Waals surface area (Å²) in [7, 11) is 0. The van der Waals surface area contributed by atoms with Crippen LogP contribution in [0, 0.1) is 5.82 Å². The van der Waals surface area contributed by atoms with Crippen LogP contribution in [0.25, 0.3) is 0 Å². The summed E-state index contributed by atoms with van der Waals surface area (Å²) in [6.45, 7) is 8.59. The summed E-state index contributed by atoms with van der Waals surface area (Å²) < 4.78 is 24.3. The first-order valence-electron chi connectivity index (χ1n) is 10.4. The van der Waals surface area contributed by atoms with Gasteiger partial charge in [0.15, 0.2) is 17.5 Å². The van der Waals surface area contributed by atoms with Gasteiger partial charge in [0.05, 0.1) is 25.9 Å². The van der Waals surface area contributed by atoms with Crippen LogP contribution in [0.15, 0.2) is 47.5 Å². The fourth-order valence-corrected chi connectivity index (χ4v) is 2.89. The number of benzene rings is 2. The van der Waals surface area contributed by atoms with Crippen LogP contribution in [0.1, 0.15) is 38.0 Å². The Balaban J connectivity index is 0.00000480. The lowest BCUT2D eigenvalue weighted by molar-refractivity contribution is 0.187. The maximum absolute atomic E-state index is 13.0. The van der Waals surface area contributed by atoms with Gasteiger partial charge in [0.2, 0.25) is 0 Å². The van der Waals surface area contributed by atoms with E-state index in [0.29, 0.717) is 37.8 Å². The highest BCUT2D eigenvalue weighted by molar-refractivity contribution is 14.0. The second-order valence-electron chi connectivity index (χ2n) is 6.61. The molecular formula is C23H33FIN3O3. The van der Waals surface area contributed by atoms with Crippen LogP contribution < -0.4 is 20.1 Å². The molecule has 0 aliphatic rings. The molecule has 0 spiro atoms. The van der Waals surface area contributed by atoms with Crippen molar-refractivity contribution >= 4 is 29.9 Å². The van der Waals surface area contributed by atoms with Gasteiger partial charge in [-0.15, -0.1) is 24.0 Å². The smallest absolute Gasteiger partial charge is 0.191 e. The number of hydrogen-bond acceptors (Lipinski definition) is 4. The van der Waals surface area contributed by atoms with Gasteiger partial charge in [-0.2, -0.15) is 0 Å². The number of guanidine groups is 1. The van der Waals surface area contributed by atoms with E-state index in [2.05, 4.69) is 15.6 Å². The molecule has 31 heavy (non-hydrogen) atoms. The summed E-state index contributed by atoms with van der Waals surface area (Å²) in [5.74, 6) is 1.79. The average molecular weight is 545 g/mol. The summed E-state index contributed by atoms with van der Waals surface area (Å²) in [6, 6.07) is 11.8. The predicted octanol–water partition coefficient (Wildman–Crippen LogP) is 4.07. The zero-order valence-corrected chi connectivity index (χ0v) is 20.7. The highest BCUT2D eigenvalue weighted by Gasteiger charge is 2.09. The lowest BCUT2D eigenvalue weighted by atomic mass is 10.1. The number of halogens is 2. The van der Waals surface area contributed by atoms with Gasteiger partial charge in [-0.3, -0.25) is 4.99 Å². The minimum Gasteiger partial charge on any atom is -0.490 e. The molecule has 0 saturated heterocycles. The Hall–Kier alpha value is -2.07. The molecule has 0 aliphatic carbocycles. The summed E-state index contributed by atoms with van der Waals surface area (Å²) in [5.41, 5.74) is 1.76. The third-order valence-corrected chi connectivity index (χ3v) is 4.34. The van der Waals surface area contributed by atoms with Gasteiger partial charge in [-0.05, 0) is 62.6 Å². The lowest BCUT2D eigenvalue weighted by Crippen LogP contribution is -2.38. The van der Waals surface area contributed by atoms with E-state index in [1.807, 2.05) is 39.0 Å². The molecule has 1 atom stereocenters. The largest absolute Gasteiger partial charge is 0.490 e. The lowest BCUT2D eigenvalue weighted by Gasteiger charge is -2.15. The molecule has 3 N–H and O–H groups in total. The molecule has 0 radical (unpaired) electrons. The molecule has 1 unspecified atom stereocenters. The highest BCUT2D eigenvalue weighted by atomic mass is 127. The molecule has 172 valence electrons. The first-order chi connectivity index (χ1) is 14.6. The monoisotopic (exact) mass is 545 g/mol. The third kappa shape index (κ3) is 9.30. The zero-order valence-electron chi connectivity index (χ0n) is 18.4. The van der Waals surface area contributed by atoms with Crippen LogP contribution >= 0.6 is 24.0 Å². The highest BCUT2D eigenvalue weighted by Crippen LogP contribution is 2.28. The van der Waals surface area contributed by atoms with Crippen LogP contribution in [0.3, 0.4) is 0 Å². The summed E-state index contributed by atoms with van der Waals surface area (Å²) >= 11 is 0. The number of aliphatic hydroxyl groups is 1. The SMILES string of the molecule is CCNC(=NCC(O)c1ccc(F)cc1)NCCc1ccc(OCC)c(OCC)c1.I. The van der Waals surface area contributed by atoms with Crippen molar-refractivity contribution in [1.29, 1.82) is 0 Å². The molecule has 0 saturated carbocycles. The Kier molecular flexibility index (Phi) is 12.9. The van der Waals surface area contributed by atoms with Gasteiger partial charge in [0, 0.05) is 13.1 Å². The van der Waals surface area contributed by atoms with Crippen molar-refractivity contribution in [1.82, 2.24) is 10.6 Å². The van der Waals surface area contributed by atoms with Crippen LogP contribution in [-0.4, -0.2) is 43.9 Å². The van der Waals surface area contributed by atoms with Crippen molar-refractivity contribution in [3.63, 3.8) is 0 Å². The van der Waals surface area contributed by atoms with Crippen molar-refractivity contribution < 1.29 is 19.0 Å².